The number of ether oxygens (including phenoxy) is 1. The smallest absolute Gasteiger partial charge is 0.407 e. The molecule has 1 aliphatic heterocycles. The number of carbonyl (C=O) groups is 2. The molecule has 0 spiro atoms. The van der Waals surface area contributed by atoms with Crippen LogP contribution in [0.5, 0.6) is 0 Å². The number of aliphatic hydroxyl groups excluding tert-OH is 1. The first kappa shape index (κ1) is 36.4. The van der Waals surface area contributed by atoms with Crippen LogP contribution < -0.4 is 10.0 Å². The van der Waals surface area contributed by atoms with Gasteiger partial charge in [-0.3, -0.25) is 4.79 Å². The summed E-state index contributed by atoms with van der Waals surface area (Å²) in [7, 11) is -3.76. The summed E-state index contributed by atoms with van der Waals surface area (Å²) in [6, 6.07) is 8.91. The molecule has 16 heteroatoms. The summed E-state index contributed by atoms with van der Waals surface area (Å²) >= 11 is 6.12. The SMILES string of the molecule is C[C@H](O)CN(C[C@@H](CCc1c(F)cccc1NC(=O)C(N=[N+]=[N-])C(c1ccc(Cl)cc1)C1CCOCC1)NS(=O)(=O)C1CC1)C(=O)O. The highest BCUT2D eigenvalue weighted by molar-refractivity contribution is 7.90. The van der Waals surface area contributed by atoms with Crippen LogP contribution >= 0.6 is 11.6 Å². The third kappa shape index (κ3) is 10.3. The summed E-state index contributed by atoms with van der Waals surface area (Å²) < 4.78 is 49.1. The Balaban J connectivity index is 1.59. The predicted octanol–water partition coefficient (Wildman–Crippen LogP) is 5.05. The number of rotatable bonds is 16. The lowest BCUT2D eigenvalue weighted by Crippen LogP contribution is -2.48. The zero-order chi connectivity index (χ0) is 34.1. The molecular weight excluding hydrogens is 655 g/mol. The number of halogens is 2. The second-order valence-electron chi connectivity index (χ2n) is 12.1. The topological polar surface area (TPSA) is 194 Å². The Bertz CT molecular complexity index is 1550. The molecular formula is C31H40ClFN6O7S. The fourth-order valence-corrected chi connectivity index (χ4v) is 7.71. The van der Waals surface area contributed by atoms with Gasteiger partial charge >= 0.3 is 6.09 Å². The maximum Gasteiger partial charge on any atom is 0.407 e. The number of hydrogen-bond acceptors (Lipinski definition) is 7. The van der Waals surface area contributed by atoms with Gasteiger partial charge in [-0.15, -0.1) is 0 Å². The maximum absolute atomic E-state index is 15.4. The number of carbonyl (C=O) groups excluding carboxylic acids is 1. The largest absolute Gasteiger partial charge is 0.465 e. The minimum absolute atomic E-state index is 0.0193. The average Bonchev–Trinajstić information content (AvgIpc) is 3.88. The number of aliphatic hydroxyl groups is 1. The van der Waals surface area contributed by atoms with E-state index in [1.807, 2.05) is 0 Å². The Kier molecular flexibility index (Phi) is 12.8. The van der Waals surface area contributed by atoms with Crippen molar-refractivity contribution in [1.82, 2.24) is 9.62 Å². The first-order chi connectivity index (χ1) is 22.4. The fraction of sp³-hybridized carbons (Fsp3) is 0.548. The molecule has 2 aromatic rings. The van der Waals surface area contributed by atoms with Gasteiger partial charge in [0, 0.05) is 59.4 Å². The lowest BCUT2D eigenvalue weighted by atomic mass is 9.76. The van der Waals surface area contributed by atoms with E-state index in [1.54, 1.807) is 24.3 Å². The molecule has 2 unspecified atom stereocenters. The number of nitrogens with zero attached hydrogens (tertiary/aromatic N) is 4. The zero-order valence-corrected chi connectivity index (χ0v) is 27.5. The fourth-order valence-electron chi connectivity index (χ4n) is 5.98. The number of nitrogens with one attached hydrogen (secondary N) is 2. The van der Waals surface area contributed by atoms with E-state index in [-0.39, 0.29) is 43.1 Å². The Labute approximate surface area is 278 Å². The van der Waals surface area contributed by atoms with Crippen LogP contribution in [-0.2, 0) is 26.0 Å². The van der Waals surface area contributed by atoms with E-state index in [2.05, 4.69) is 20.1 Å². The van der Waals surface area contributed by atoms with Crippen molar-refractivity contribution in [2.24, 2.45) is 11.0 Å². The van der Waals surface area contributed by atoms with Gasteiger partial charge in [-0.05, 0) is 86.7 Å². The van der Waals surface area contributed by atoms with E-state index < -0.39 is 57.2 Å². The first-order valence-electron chi connectivity index (χ1n) is 15.5. The van der Waals surface area contributed by atoms with E-state index in [4.69, 9.17) is 16.3 Å². The molecule has 2 aliphatic rings. The van der Waals surface area contributed by atoms with E-state index in [1.165, 1.54) is 25.1 Å². The quantitative estimate of drug-likeness (QED) is 0.107. The molecule has 2 amide bonds. The number of sulfonamides is 1. The highest BCUT2D eigenvalue weighted by Crippen LogP contribution is 2.38. The summed E-state index contributed by atoms with van der Waals surface area (Å²) in [5, 5.41) is 26.0. The number of azide groups is 1. The molecule has 13 nitrogen and oxygen atoms in total. The van der Waals surface area contributed by atoms with Gasteiger partial charge in [0.1, 0.15) is 11.9 Å². The number of amides is 2. The highest BCUT2D eigenvalue weighted by atomic mass is 35.5. The first-order valence-corrected chi connectivity index (χ1v) is 17.4. The lowest BCUT2D eigenvalue weighted by Gasteiger charge is -2.34. The van der Waals surface area contributed by atoms with Gasteiger partial charge in [0.15, 0.2) is 0 Å². The van der Waals surface area contributed by atoms with Crippen LogP contribution in [0, 0.1) is 11.7 Å². The lowest BCUT2D eigenvalue weighted by molar-refractivity contribution is -0.118. The Morgan fingerprint density at radius 2 is 1.83 bits per heavy atom. The normalized spacial score (nSPS) is 18.0. The maximum atomic E-state index is 15.4. The summed E-state index contributed by atoms with van der Waals surface area (Å²) in [5.41, 5.74) is 10.4. The molecule has 4 rings (SSSR count). The van der Waals surface area contributed by atoms with Crippen LogP contribution in [0.4, 0.5) is 14.9 Å². The minimum Gasteiger partial charge on any atom is -0.465 e. The van der Waals surface area contributed by atoms with Gasteiger partial charge in [0.25, 0.3) is 0 Å². The third-order valence-corrected chi connectivity index (χ3v) is 10.7. The predicted molar refractivity (Wildman–Crippen MR) is 174 cm³/mol. The van der Waals surface area contributed by atoms with Gasteiger partial charge < -0.3 is 25.2 Å². The Morgan fingerprint density at radius 1 is 1.15 bits per heavy atom. The van der Waals surface area contributed by atoms with Crippen molar-refractivity contribution >= 4 is 39.3 Å². The molecule has 47 heavy (non-hydrogen) atoms. The van der Waals surface area contributed by atoms with E-state index >= 15 is 4.39 Å². The van der Waals surface area contributed by atoms with E-state index in [9.17, 15) is 33.8 Å². The molecule has 4 N–H and O–H groups in total. The molecule has 1 saturated carbocycles. The monoisotopic (exact) mass is 694 g/mol. The van der Waals surface area contributed by atoms with Crippen LogP contribution in [0.2, 0.25) is 5.02 Å². The molecule has 2 aromatic carbocycles. The van der Waals surface area contributed by atoms with Gasteiger partial charge in [0.2, 0.25) is 15.9 Å². The van der Waals surface area contributed by atoms with Crippen LogP contribution in [0.1, 0.15) is 56.1 Å². The molecule has 1 saturated heterocycles. The second kappa shape index (κ2) is 16.6. The molecule has 2 fully saturated rings. The number of carboxylic acid groups (broad SMARTS) is 1. The van der Waals surface area contributed by atoms with Crippen molar-refractivity contribution in [3.63, 3.8) is 0 Å². The zero-order valence-electron chi connectivity index (χ0n) is 26.0. The van der Waals surface area contributed by atoms with E-state index in [0.29, 0.717) is 43.9 Å². The van der Waals surface area contributed by atoms with Crippen molar-refractivity contribution in [3.05, 3.63) is 74.9 Å². The summed E-state index contributed by atoms with van der Waals surface area (Å²) in [4.78, 5) is 29.6. The van der Waals surface area contributed by atoms with Crippen molar-refractivity contribution in [3.8, 4) is 0 Å². The van der Waals surface area contributed by atoms with Crippen molar-refractivity contribution in [2.45, 2.75) is 74.8 Å². The van der Waals surface area contributed by atoms with E-state index in [0.717, 1.165) is 10.5 Å². The van der Waals surface area contributed by atoms with Gasteiger partial charge in [-0.25, -0.2) is 22.3 Å². The summed E-state index contributed by atoms with van der Waals surface area (Å²) in [6.45, 7) is 1.85. The van der Waals surface area contributed by atoms with Crippen molar-refractivity contribution in [1.29, 1.82) is 0 Å². The van der Waals surface area contributed by atoms with Crippen LogP contribution in [0.25, 0.3) is 10.4 Å². The molecule has 256 valence electrons. The second-order valence-corrected chi connectivity index (χ2v) is 14.5. The Morgan fingerprint density at radius 3 is 2.43 bits per heavy atom. The standard InChI is InChI=1S/C31H40ClFN6O7S/c1-19(40)17-39(31(42)43)18-23(37-47(44,45)24-10-11-24)9-12-25-26(33)3-2-4-27(25)35-30(41)29(36-38-34)28(21-13-15-46-16-14-21)20-5-7-22(32)8-6-20/h2-8,19,21,23-24,28-29,37,40H,9-18H2,1H3,(H,35,41)(H,42,43)/t19-,23+,28?,29?/m0/s1. The van der Waals surface area contributed by atoms with Crippen molar-refractivity contribution in [2.75, 3.05) is 31.6 Å². The Hall–Kier alpha value is -3.46. The summed E-state index contributed by atoms with van der Waals surface area (Å²) in [5.74, 6) is -1.90. The van der Waals surface area contributed by atoms with Crippen LogP contribution in [-0.4, -0.2) is 85.3 Å². The van der Waals surface area contributed by atoms with Crippen LogP contribution in [0.3, 0.4) is 0 Å². The molecule has 0 radical (unpaired) electrons. The number of hydrogen-bond donors (Lipinski definition) is 4. The third-order valence-electron chi connectivity index (χ3n) is 8.42. The summed E-state index contributed by atoms with van der Waals surface area (Å²) in [6.07, 6.45) is -0.207. The molecule has 0 bridgehead atoms. The molecule has 1 heterocycles. The molecule has 0 aromatic heterocycles. The van der Waals surface area contributed by atoms with Gasteiger partial charge in [-0.2, -0.15) is 0 Å². The highest BCUT2D eigenvalue weighted by Gasteiger charge is 2.38. The molecule has 4 atom stereocenters. The van der Waals surface area contributed by atoms with Crippen LogP contribution in [0.15, 0.2) is 47.6 Å². The molecule has 1 aliphatic carbocycles. The average molecular weight is 695 g/mol. The van der Waals surface area contributed by atoms with Gasteiger partial charge in [0.05, 0.1) is 11.4 Å². The van der Waals surface area contributed by atoms with Crippen molar-refractivity contribution < 1.29 is 37.3 Å². The minimum atomic E-state index is -3.76. The number of anilines is 1. The number of benzene rings is 2. The van der Waals surface area contributed by atoms with Gasteiger partial charge in [-0.1, -0.05) is 34.9 Å².